The van der Waals surface area contributed by atoms with Gasteiger partial charge in [-0.3, -0.25) is 0 Å². The van der Waals surface area contributed by atoms with Crippen LogP contribution in [-0.4, -0.2) is 4.21 Å². The van der Waals surface area contributed by atoms with Crippen LogP contribution in [0.5, 0.6) is 0 Å². The van der Waals surface area contributed by atoms with Gasteiger partial charge in [0.15, 0.2) is 0 Å². The van der Waals surface area contributed by atoms with Crippen LogP contribution < -0.4 is 6.54 Å². The first kappa shape index (κ1) is 43.3. The monoisotopic (exact) mass is 864 g/mol. The van der Waals surface area contributed by atoms with Crippen molar-refractivity contribution < 1.29 is 18.3 Å². The topological polar surface area (TPSA) is 0 Å². The molecule has 0 N–H and O–H groups in total. The second kappa shape index (κ2) is 13.9. The molecule has 298 valence electrons. The van der Waals surface area contributed by atoms with Crippen LogP contribution in [0, 0.1) is 27.6 Å². The molecule has 0 aromatic heterocycles. The molecule has 3 heteroatoms. The third-order valence-electron chi connectivity index (χ3n) is 18.2. The summed E-state index contributed by atoms with van der Waals surface area (Å²) in [5, 5.41) is 0. The molecular formula is C53H68Cl2Zr. The summed E-state index contributed by atoms with van der Waals surface area (Å²) < 4.78 is 10.6. The molecule has 0 aliphatic heterocycles. The summed E-state index contributed by atoms with van der Waals surface area (Å²) in [5.41, 5.74) is 12.0. The third-order valence-corrected chi connectivity index (χ3v) is 38.1. The predicted molar refractivity (Wildman–Crippen MR) is 248 cm³/mol. The van der Waals surface area contributed by atoms with Gasteiger partial charge in [-0.05, 0) is 0 Å². The van der Waals surface area contributed by atoms with E-state index in [0.717, 1.165) is 19.3 Å². The summed E-state index contributed by atoms with van der Waals surface area (Å²) in [6.45, 7) is 30.9. The molecule has 56 heavy (non-hydrogen) atoms. The van der Waals surface area contributed by atoms with E-state index in [2.05, 4.69) is 186 Å². The number of allylic oxidation sites excluding steroid dienone is 10. The number of hydrogen-bond donors (Lipinski definition) is 0. The molecule has 0 heterocycles. The zero-order chi connectivity index (χ0) is 38.9. The molecule has 0 nitrogen and oxygen atoms in total. The van der Waals surface area contributed by atoms with Crippen molar-refractivity contribution in [3.05, 3.63) is 145 Å². The van der Waals surface area contributed by atoms with Gasteiger partial charge in [-0.2, -0.15) is 0 Å². The standard InChI is InChI=1S/C29H37.2C9H11.C5H5.CH2.2ClH.Zr/c1-18-25-22-17-19-13-9-10-14-20(19)24(22)21-15-11-12-16-23(21)29(25,8)28(6,7)27(4,5)26(18,2)3;2*1-8(2)9-6-4-3-5-7-9;1-2-4-5-3-1;;;;/h9-11,13-15,23H,12,16-17H2,1-8H3;2*4-8H,1-2H3;1-3H,4H2;1H2;2*1H;. The Balaban J connectivity index is 0.00000266. The van der Waals surface area contributed by atoms with E-state index in [1.807, 2.05) is 0 Å². The Morgan fingerprint density at radius 1 is 0.679 bits per heavy atom. The van der Waals surface area contributed by atoms with Gasteiger partial charge in [-0.15, -0.1) is 24.8 Å². The Bertz CT molecular complexity index is 2230. The average molecular weight is 867 g/mol. The summed E-state index contributed by atoms with van der Waals surface area (Å²) in [4.78, 5) is 0. The van der Waals surface area contributed by atoms with Gasteiger partial charge in [0, 0.05) is 0 Å². The van der Waals surface area contributed by atoms with Crippen molar-refractivity contribution in [2.24, 2.45) is 27.6 Å². The minimum absolute atomic E-state index is 0. The second-order valence-electron chi connectivity index (χ2n) is 20.6. The fourth-order valence-electron chi connectivity index (χ4n) is 13.7. The molecule has 0 spiro atoms. The summed E-state index contributed by atoms with van der Waals surface area (Å²) >= 11 is -5.22. The Morgan fingerprint density at radius 3 is 1.75 bits per heavy atom. The van der Waals surface area contributed by atoms with Gasteiger partial charge in [0.1, 0.15) is 0 Å². The third kappa shape index (κ3) is 4.90. The van der Waals surface area contributed by atoms with Gasteiger partial charge in [0.2, 0.25) is 0 Å². The predicted octanol–water partition coefficient (Wildman–Crippen LogP) is 14.3. The van der Waals surface area contributed by atoms with Crippen LogP contribution in [0.25, 0.3) is 5.57 Å². The van der Waals surface area contributed by atoms with Crippen molar-refractivity contribution in [3.8, 4) is 0 Å². The molecular weight excluding hydrogens is 799 g/mol. The number of halogens is 2. The van der Waals surface area contributed by atoms with Crippen LogP contribution >= 0.6 is 24.8 Å². The van der Waals surface area contributed by atoms with Crippen molar-refractivity contribution in [1.29, 1.82) is 0 Å². The van der Waals surface area contributed by atoms with Crippen LogP contribution in [0.2, 0.25) is 3.12 Å². The molecule has 3 atom stereocenters. The first-order valence-electron chi connectivity index (χ1n) is 21.2. The van der Waals surface area contributed by atoms with Crippen LogP contribution in [0.4, 0.5) is 0 Å². The van der Waals surface area contributed by atoms with Gasteiger partial charge in [-0.1, -0.05) is 0 Å². The van der Waals surface area contributed by atoms with Crippen molar-refractivity contribution >= 4 is 41.1 Å². The minimum atomic E-state index is -5.22. The maximum absolute atomic E-state index is 6.20. The summed E-state index contributed by atoms with van der Waals surface area (Å²) in [6, 6.07) is 29.6. The quantitative estimate of drug-likeness (QED) is 0.232. The summed E-state index contributed by atoms with van der Waals surface area (Å²) in [7, 11) is 0. The van der Waals surface area contributed by atoms with E-state index in [1.165, 1.54) is 35.2 Å². The van der Waals surface area contributed by atoms with Crippen LogP contribution in [0.1, 0.15) is 136 Å². The Kier molecular flexibility index (Phi) is 10.7. The molecule has 0 bridgehead atoms. The molecule has 0 radical (unpaired) electrons. The molecule has 3 aromatic carbocycles. The Labute approximate surface area is 353 Å². The number of benzene rings is 3. The summed E-state index contributed by atoms with van der Waals surface area (Å²) in [6.07, 6.45) is 16.7. The van der Waals surface area contributed by atoms with E-state index >= 15 is 0 Å². The zero-order valence-corrected chi connectivity index (χ0v) is 40.5. The van der Waals surface area contributed by atoms with Gasteiger partial charge in [0.25, 0.3) is 0 Å². The normalized spacial score (nSPS) is 26.9. The number of fused-ring (bicyclic) bond motifs is 6. The molecule has 1 saturated carbocycles. The molecule has 5 aliphatic carbocycles. The van der Waals surface area contributed by atoms with E-state index in [0.29, 0.717) is 17.8 Å². The van der Waals surface area contributed by atoms with Crippen LogP contribution in [0.15, 0.2) is 123 Å². The van der Waals surface area contributed by atoms with Crippen molar-refractivity contribution in [3.63, 3.8) is 0 Å². The van der Waals surface area contributed by atoms with E-state index in [4.69, 9.17) is 4.21 Å². The van der Waals surface area contributed by atoms with E-state index < -0.39 is 18.3 Å². The van der Waals surface area contributed by atoms with Gasteiger partial charge in [-0.25, -0.2) is 0 Å². The maximum atomic E-state index is 6.20. The first-order chi connectivity index (χ1) is 25.3. The molecule has 5 aliphatic rings. The number of hydrogen-bond acceptors (Lipinski definition) is 0. The van der Waals surface area contributed by atoms with Crippen molar-refractivity contribution in [1.82, 2.24) is 0 Å². The Hall–Kier alpha value is -2.31. The fourth-order valence-corrected chi connectivity index (χ4v) is 34.2. The first-order valence-corrected chi connectivity index (χ1v) is 27.8. The van der Waals surface area contributed by atoms with Crippen LogP contribution in [-0.2, 0) is 24.7 Å². The molecule has 0 amide bonds. The van der Waals surface area contributed by atoms with Gasteiger partial charge >= 0.3 is 331 Å². The van der Waals surface area contributed by atoms with E-state index in [-0.39, 0.29) is 49.6 Å². The molecule has 0 saturated heterocycles. The van der Waals surface area contributed by atoms with Crippen molar-refractivity contribution in [2.45, 2.75) is 124 Å². The fraction of sp³-hybridized carbons (Fsp3) is 0.453. The molecule has 3 unspecified atom stereocenters. The second-order valence-corrected chi connectivity index (χ2v) is 34.6. The van der Waals surface area contributed by atoms with Crippen molar-refractivity contribution in [2.75, 3.05) is 0 Å². The average Bonchev–Trinajstić information content (AvgIpc) is 3.83. The zero-order valence-electron chi connectivity index (χ0n) is 36.4. The van der Waals surface area contributed by atoms with Gasteiger partial charge < -0.3 is 0 Å². The number of rotatable bonds is 6. The van der Waals surface area contributed by atoms with Gasteiger partial charge in [0.05, 0.1) is 0 Å². The van der Waals surface area contributed by atoms with E-state index in [1.54, 1.807) is 25.6 Å². The van der Waals surface area contributed by atoms with E-state index in [9.17, 15) is 0 Å². The molecule has 1 fully saturated rings. The molecule has 8 rings (SSSR count). The SMILES string of the molecule is Cl.Cl.[CH2]=[Zr]([C]1=CC=CC1)([c]1ccc(C(C)C)cc1)([c]1ccc(C(C)C)cc1)[C]1(C)C2=C3Cc4ccccc4C3=C3C=CCCC3C2(C)C(C)(C)C(C)(C)C1(C)C. The summed E-state index contributed by atoms with van der Waals surface area (Å²) in [5.74, 6) is 1.37. The molecule has 3 aromatic rings. The Morgan fingerprint density at radius 2 is 1.23 bits per heavy atom. The van der Waals surface area contributed by atoms with Crippen LogP contribution in [0.3, 0.4) is 0 Å².